The van der Waals surface area contributed by atoms with Crippen LogP contribution in [0, 0.1) is 0 Å². The van der Waals surface area contributed by atoms with E-state index < -0.39 is 0 Å². The molecule has 4 nitrogen and oxygen atoms in total. The molecule has 1 fully saturated rings. The molecule has 0 aliphatic carbocycles. The van der Waals surface area contributed by atoms with Crippen molar-refractivity contribution in [3.05, 3.63) is 18.2 Å². The summed E-state index contributed by atoms with van der Waals surface area (Å²) in [6.45, 7) is 7.83. The first-order valence-corrected chi connectivity index (χ1v) is 9.43. The quantitative estimate of drug-likeness (QED) is 0.798. The molecule has 0 saturated carbocycles. The fraction of sp³-hybridized carbons (Fsp3) is 0.812. The fourth-order valence-electron chi connectivity index (χ4n) is 2.97. The van der Waals surface area contributed by atoms with Crippen LogP contribution in [0.1, 0.15) is 32.5 Å². The van der Waals surface area contributed by atoms with Crippen LogP contribution in [0.15, 0.2) is 12.4 Å². The molecule has 21 heavy (non-hydrogen) atoms. The highest BCUT2D eigenvalue weighted by Gasteiger charge is 2.28. The molecule has 2 heterocycles. The molecule has 0 spiro atoms. The maximum atomic E-state index is 4.60. The lowest BCUT2D eigenvalue weighted by Gasteiger charge is -2.38. The largest absolute Gasteiger partial charge is 0.335 e. The van der Waals surface area contributed by atoms with Crippen LogP contribution in [0.3, 0.4) is 0 Å². The Hall–Kier alpha value is -0.520. The lowest BCUT2D eigenvalue weighted by molar-refractivity contribution is 0.211. The monoisotopic (exact) mass is 310 g/mol. The van der Waals surface area contributed by atoms with Gasteiger partial charge in [0.25, 0.3) is 0 Å². The van der Waals surface area contributed by atoms with Gasteiger partial charge in [0.15, 0.2) is 0 Å². The van der Waals surface area contributed by atoms with Gasteiger partial charge in [-0.15, -0.1) is 0 Å². The molecule has 1 saturated heterocycles. The lowest BCUT2D eigenvalue weighted by atomic mass is 10.0. The van der Waals surface area contributed by atoms with E-state index in [1.54, 1.807) is 0 Å². The minimum Gasteiger partial charge on any atom is -0.335 e. The maximum absolute atomic E-state index is 4.60. The number of aromatic nitrogens is 2. The van der Waals surface area contributed by atoms with Gasteiger partial charge >= 0.3 is 0 Å². The van der Waals surface area contributed by atoms with Gasteiger partial charge in [-0.1, -0.05) is 13.8 Å². The van der Waals surface area contributed by atoms with Crippen LogP contribution in [0.4, 0.5) is 0 Å². The summed E-state index contributed by atoms with van der Waals surface area (Å²) < 4.78 is 2.32. The molecular formula is C16H30N4S. The maximum Gasteiger partial charge on any atom is 0.110 e. The Bertz CT molecular complexity index is 407. The highest BCUT2D eigenvalue weighted by Crippen LogP contribution is 2.19. The third-order valence-electron chi connectivity index (χ3n) is 4.23. The Morgan fingerprint density at radius 1 is 1.43 bits per heavy atom. The third-order valence-corrected chi connectivity index (χ3v) is 5.28. The zero-order chi connectivity index (χ0) is 15.1. The summed E-state index contributed by atoms with van der Waals surface area (Å²) in [5.74, 6) is 3.72. The zero-order valence-corrected chi connectivity index (χ0v) is 14.5. The zero-order valence-electron chi connectivity index (χ0n) is 13.7. The third kappa shape index (κ3) is 4.73. The molecule has 0 amide bonds. The Morgan fingerprint density at radius 2 is 2.29 bits per heavy atom. The van der Waals surface area contributed by atoms with Gasteiger partial charge in [-0.2, -0.15) is 11.8 Å². The van der Waals surface area contributed by atoms with Gasteiger partial charge in [-0.25, -0.2) is 4.98 Å². The summed E-state index contributed by atoms with van der Waals surface area (Å²) in [5.41, 5.74) is 0. The Balaban J connectivity index is 2.06. The van der Waals surface area contributed by atoms with E-state index in [2.05, 4.69) is 58.6 Å². The summed E-state index contributed by atoms with van der Waals surface area (Å²) in [6.07, 6.45) is 7.44. The molecule has 120 valence electrons. The smallest absolute Gasteiger partial charge is 0.110 e. The number of rotatable bonds is 8. The number of likely N-dealkylation sites (N-methyl/N-ethyl adjacent to an activating group) is 1. The number of thioether (sulfide) groups is 1. The van der Waals surface area contributed by atoms with E-state index in [4.69, 9.17) is 0 Å². The standard InChI is InChI=1S/C16H30N4S/c1-4-6-17-14(15-13-21-11-10-19(15)3)12-16-18-7-9-20(16)8-5-2/h7,9,14-15,17H,4-6,8,10-13H2,1-3H3. The van der Waals surface area contributed by atoms with Crippen LogP contribution < -0.4 is 5.32 Å². The van der Waals surface area contributed by atoms with E-state index in [1.165, 1.54) is 30.3 Å². The van der Waals surface area contributed by atoms with Gasteiger partial charge in [0.05, 0.1) is 0 Å². The Morgan fingerprint density at radius 3 is 3.00 bits per heavy atom. The van der Waals surface area contributed by atoms with Crippen molar-refractivity contribution in [2.75, 3.05) is 31.6 Å². The van der Waals surface area contributed by atoms with E-state index in [0.717, 1.165) is 25.9 Å². The first kappa shape index (κ1) is 16.8. The Kier molecular flexibility index (Phi) is 7.07. The van der Waals surface area contributed by atoms with Gasteiger partial charge in [-0.3, -0.25) is 0 Å². The minimum atomic E-state index is 0.501. The van der Waals surface area contributed by atoms with Crippen molar-refractivity contribution < 1.29 is 0 Å². The van der Waals surface area contributed by atoms with Crippen molar-refractivity contribution in [3.63, 3.8) is 0 Å². The minimum absolute atomic E-state index is 0.501. The van der Waals surface area contributed by atoms with Crippen molar-refractivity contribution >= 4 is 11.8 Å². The van der Waals surface area contributed by atoms with Crippen LogP contribution in [0.2, 0.25) is 0 Å². The number of aryl methyl sites for hydroxylation is 1. The van der Waals surface area contributed by atoms with Gasteiger partial charge in [0, 0.05) is 55.5 Å². The molecule has 1 aliphatic rings. The van der Waals surface area contributed by atoms with Gasteiger partial charge < -0.3 is 14.8 Å². The molecule has 0 bridgehead atoms. The van der Waals surface area contributed by atoms with Crippen molar-refractivity contribution in [1.82, 2.24) is 19.8 Å². The highest BCUT2D eigenvalue weighted by molar-refractivity contribution is 7.99. The van der Waals surface area contributed by atoms with E-state index >= 15 is 0 Å². The highest BCUT2D eigenvalue weighted by atomic mass is 32.2. The van der Waals surface area contributed by atoms with E-state index in [9.17, 15) is 0 Å². The van der Waals surface area contributed by atoms with E-state index in [0.29, 0.717) is 12.1 Å². The summed E-state index contributed by atoms with van der Waals surface area (Å²) in [4.78, 5) is 7.12. The lowest BCUT2D eigenvalue weighted by Crippen LogP contribution is -2.54. The Labute approximate surface area is 133 Å². The van der Waals surface area contributed by atoms with Gasteiger partial charge in [0.2, 0.25) is 0 Å². The summed E-state index contributed by atoms with van der Waals surface area (Å²) >= 11 is 2.09. The number of hydrogen-bond acceptors (Lipinski definition) is 4. The van der Waals surface area contributed by atoms with Crippen molar-refractivity contribution in [2.24, 2.45) is 0 Å². The molecule has 0 radical (unpaired) electrons. The summed E-state index contributed by atoms with van der Waals surface area (Å²) in [6, 6.07) is 1.11. The topological polar surface area (TPSA) is 33.1 Å². The van der Waals surface area contributed by atoms with Crippen LogP contribution in [0.5, 0.6) is 0 Å². The SMILES string of the molecule is CCCNC(Cc1nccn1CCC)C1CSCCN1C. The number of nitrogens with zero attached hydrogens (tertiary/aromatic N) is 3. The van der Waals surface area contributed by atoms with E-state index in [1.807, 2.05) is 6.20 Å². The predicted molar refractivity (Wildman–Crippen MR) is 92.0 cm³/mol. The molecule has 0 aromatic carbocycles. The fourth-order valence-corrected chi connectivity index (χ4v) is 4.29. The average molecular weight is 311 g/mol. The molecule has 2 atom stereocenters. The van der Waals surface area contributed by atoms with Crippen LogP contribution >= 0.6 is 11.8 Å². The molecule has 1 aromatic rings. The summed E-state index contributed by atoms with van der Waals surface area (Å²) in [7, 11) is 2.27. The van der Waals surface area contributed by atoms with Crippen LogP contribution in [0.25, 0.3) is 0 Å². The van der Waals surface area contributed by atoms with Crippen molar-refractivity contribution in [3.8, 4) is 0 Å². The molecular weight excluding hydrogens is 280 g/mol. The second-order valence-electron chi connectivity index (χ2n) is 5.92. The van der Waals surface area contributed by atoms with Gasteiger partial charge in [0.1, 0.15) is 5.82 Å². The molecule has 5 heteroatoms. The number of hydrogen-bond donors (Lipinski definition) is 1. The second-order valence-corrected chi connectivity index (χ2v) is 7.07. The summed E-state index contributed by atoms with van der Waals surface area (Å²) in [5, 5.41) is 3.77. The van der Waals surface area contributed by atoms with Crippen LogP contribution in [-0.4, -0.2) is 58.2 Å². The average Bonchev–Trinajstić information content (AvgIpc) is 2.92. The molecule has 2 rings (SSSR count). The van der Waals surface area contributed by atoms with Gasteiger partial charge in [-0.05, 0) is 26.4 Å². The molecule has 1 aromatic heterocycles. The molecule has 1 aliphatic heterocycles. The predicted octanol–water partition coefficient (Wildman–Crippen LogP) is 2.25. The molecule has 2 unspecified atom stereocenters. The van der Waals surface area contributed by atoms with Crippen LogP contribution in [-0.2, 0) is 13.0 Å². The first-order chi connectivity index (χ1) is 10.3. The van der Waals surface area contributed by atoms with E-state index in [-0.39, 0.29) is 0 Å². The normalized spacial score (nSPS) is 21.6. The first-order valence-electron chi connectivity index (χ1n) is 8.27. The number of imidazole rings is 1. The van der Waals surface area contributed by atoms with Crippen molar-refractivity contribution in [2.45, 2.75) is 51.7 Å². The second kappa shape index (κ2) is 8.81. The molecule has 1 N–H and O–H groups in total. The number of nitrogens with one attached hydrogen (secondary N) is 1. The van der Waals surface area contributed by atoms with Crippen molar-refractivity contribution in [1.29, 1.82) is 0 Å².